The zero-order valence-electron chi connectivity index (χ0n) is 15.2. The molecule has 1 saturated heterocycles. The Morgan fingerprint density at radius 2 is 1.75 bits per heavy atom. The van der Waals surface area contributed by atoms with Crippen LogP contribution in [0, 0.1) is 0 Å². The Bertz CT molecular complexity index is 667. The van der Waals surface area contributed by atoms with Gasteiger partial charge in [-0.15, -0.1) is 0 Å². The summed E-state index contributed by atoms with van der Waals surface area (Å²) in [5, 5.41) is 5.17. The molecule has 0 atom stereocenters. The number of rotatable bonds is 1. The number of hydrogen-bond donors (Lipinski definition) is 0. The number of amides is 1. The molecule has 3 rings (SSSR count). The minimum absolute atomic E-state index is 0.253. The van der Waals surface area contributed by atoms with Gasteiger partial charge in [-0.2, -0.15) is 0 Å². The molecular formula is C18H27N3O3. The van der Waals surface area contributed by atoms with E-state index in [1.54, 1.807) is 4.90 Å². The topological polar surface area (TPSA) is 58.8 Å². The first-order valence-electron chi connectivity index (χ1n) is 8.51. The van der Waals surface area contributed by atoms with E-state index < -0.39 is 5.60 Å². The van der Waals surface area contributed by atoms with Crippen molar-refractivity contribution in [1.82, 2.24) is 10.1 Å². The zero-order valence-corrected chi connectivity index (χ0v) is 15.2. The van der Waals surface area contributed by atoms with Gasteiger partial charge in [0.2, 0.25) is 0 Å². The maximum atomic E-state index is 12.1. The Labute approximate surface area is 143 Å². The Morgan fingerprint density at radius 1 is 1.12 bits per heavy atom. The van der Waals surface area contributed by atoms with Crippen LogP contribution in [0.25, 0.3) is 11.0 Å². The number of anilines is 1. The number of ether oxygens (including phenoxy) is 1. The molecule has 0 bridgehead atoms. The van der Waals surface area contributed by atoms with Crippen molar-refractivity contribution in [3.8, 4) is 0 Å². The maximum absolute atomic E-state index is 12.1. The van der Waals surface area contributed by atoms with Gasteiger partial charge in [-0.1, -0.05) is 31.1 Å². The summed E-state index contributed by atoms with van der Waals surface area (Å²) in [4.78, 5) is 16.0. The van der Waals surface area contributed by atoms with E-state index in [0.29, 0.717) is 13.1 Å². The molecule has 0 saturated carbocycles. The molecule has 6 nitrogen and oxygen atoms in total. The number of aromatic nitrogens is 1. The van der Waals surface area contributed by atoms with Crippen molar-refractivity contribution in [2.45, 2.75) is 40.2 Å². The van der Waals surface area contributed by atoms with Gasteiger partial charge in [-0.25, -0.2) is 4.79 Å². The first-order valence-corrected chi connectivity index (χ1v) is 8.51. The Morgan fingerprint density at radius 3 is 2.38 bits per heavy atom. The van der Waals surface area contributed by atoms with Crippen LogP contribution >= 0.6 is 0 Å². The van der Waals surface area contributed by atoms with Crippen LogP contribution in [0.2, 0.25) is 0 Å². The molecule has 6 heteroatoms. The molecule has 1 amide bonds. The molecule has 0 aliphatic carbocycles. The minimum atomic E-state index is -0.462. The summed E-state index contributed by atoms with van der Waals surface area (Å²) < 4.78 is 10.8. The van der Waals surface area contributed by atoms with Crippen molar-refractivity contribution >= 4 is 22.9 Å². The lowest BCUT2D eigenvalue weighted by molar-refractivity contribution is 0.0240. The summed E-state index contributed by atoms with van der Waals surface area (Å²) >= 11 is 0. The summed E-state index contributed by atoms with van der Waals surface area (Å²) in [5.74, 6) is 0.847. The van der Waals surface area contributed by atoms with Crippen molar-refractivity contribution < 1.29 is 14.1 Å². The second kappa shape index (κ2) is 7.55. The van der Waals surface area contributed by atoms with Gasteiger partial charge in [0.1, 0.15) is 5.60 Å². The predicted octanol–water partition coefficient (Wildman–Crippen LogP) is 3.91. The smallest absolute Gasteiger partial charge is 0.410 e. The summed E-state index contributed by atoms with van der Waals surface area (Å²) in [6, 6.07) is 7.81. The van der Waals surface area contributed by atoms with E-state index in [0.717, 1.165) is 29.9 Å². The van der Waals surface area contributed by atoms with Crippen molar-refractivity contribution in [2.75, 3.05) is 31.1 Å². The Hall–Kier alpha value is -2.24. The summed E-state index contributed by atoms with van der Waals surface area (Å²) in [5.41, 5.74) is 0.323. The molecule has 2 aromatic rings. The third-order valence-electron chi connectivity index (χ3n) is 3.59. The lowest BCUT2D eigenvalue weighted by atomic mass is 10.2. The fraction of sp³-hybridized carbons (Fsp3) is 0.556. The van der Waals surface area contributed by atoms with E-state index in [1.807, 2.05) is 58.9 Å². The van der Waals surface area contributed by atoms with Crippen LogP contribution in [0.4, 0.5) is 10.6 Å². The number of para-hydroxylation sites is 1. The molecule has 1 aromatic heterocycles. The van der Waals surface area contributed by atoms with Crippen LogP contribution in [0.1, 0.15) is 34.6 Å². The van der Waals surface area contributed by atoms with Crippen molar-refractivity contribution in [3.05, 3.63) is 24.3 Å². The SMILES string of the molecule is CC.CC(C)(C)OC(=O)N1CCN(c2noc3ccccc23)CC1. The zero-order chi connectivity index (χ0) is 17.7. The van der Waals surface area contributed by atoms with Crippen molar-refractivity contribution in [1.29, 1.82) is 0 Å². The van der Waals surface area contributed by atoms with Gasteiger partial charge in [0.15, 0.2) is 11.4 Å². The van der Waals surface area contributed by atoms with Crippen molar-refractivity contribution in [2.24, 2.45) is 0 Å². The monoisotopic (exact) mass is 333 g/mol. The third-order valence-corrected chi connectivity index (χ3v) is 3.59. The van der Waals surface area contributed by atoms with Crippen LogP contribution in [-0.2, 0) is 4.74 Å². The molecule has 1 aromatic carbocycles. The molecule has 0 N–H and O–H groups in total. The fourth-order valence-corrected chi connectivity index (χ4v) is 2.53. The predicted molar refractivity (Wildman–Crippen MR) is 95.4 cm³/mol. The van der Waals surface area contributed by atoms with Crippen LogP contribution in [0.3, 0.4) is 0 Å². The highest BCUT2D eigenvalue weighted by Gasteiger charge is 2.27. The molecular weight excluding hydrogens is 306 g/mol. The molecule has 24 heavy (non-hydrogen) atoms. The van der Waals surface area contributed by atoms with Gasteiger partial charge >= 0.3 is 6.09 Å². The van der Waals surface area contributed by atoms with Gasteiger partial charge < -0.3 is 19.1 Å². The molecule has 1 aliphatic heterocycles. The molecule has 0 unspecified atom stereocenters. The normalized spacial score (nSPS) is 15.0. The number of piperazine rings is 1. The molecule has 1 fully saturated rings. The quantitative estimate of drug-likeness (QED) is 0.792. The van der Waals surface area contributed by atoms with E-state index in [9.17, 15) is 4.79 Å². The highest BCUT2D eigenvalue weighted by Crippen LogP contribution is 2.26. The number of nitrogens with zero attached hydrogens (tertiary/aromatic N) is 3. The number of fused-ring (bicyclic) bond motifs is 1. The summed E-state index contributed by atoms with van der Waals surface area (Å²) in [6.45, 7) is 12.3. The number of carbonyl (C=O) groups excluding carboxylic acids is 1. The first kappa shape index (κ1) is 18.1. The molecule has 0 spiro atoms. The Kier molecular flexibility index (Phi) is 5.70. The van der Waals surface area contributed by atoms with E-state index in [4.69, 9.17) is 9.26 Å². The van der Waals surface area contributed by atoms with Crippen LogP contribution in [0.5, 0.6) is 0 Å². The van der Waals surface area contributed by atoms with Gasteiger partial charge in [-0.3, -0.25) is 0 Å². The maximum Gasteiger partial charge on any atom is 0.410 e. The second-order valence-electron chi connectivity index (χ2n) is 6.46. The summed E-state index contributed by atoms with van der Waals surface area (Å²) in [6.07, 6.45) is -0.253. The lowest BCUT2D eigenvalue weighted by Gasteiger charge is -2.35. The van der Waals surface area contributed by atoms with Crippen LogP contribution in [-0.4, -0.2) is 47.9 Å². The third kappa shape index (κ3) is 4.19. The highest BCUT2D eigenvalue weighted by atomic mass is 16.6. The van der Waals surface area contributed by atoms with Gasteiger partial charge in [0, 0.05) is 26.2 Å². The molecule has 2 heterocycles. The van der Waals surface area contributed by atoms with Gasteiger partial charge in [-0.05, 0) is 32.9 Å². The molecule has 132 valence electrons. The standard InChI is InChI=1S/C16H21N3O3.C2H6/c1-16(2,3)21-15(20)19-10-8-18(9-11-19)14-12-6-4-5-7-13(12)22-17-14;1-2/h4-7H,8-11H2,1-3H3;1-2H3. The second-order valence-corrected chi connectivity index (χ2v) is 6.46. The molecule has 1 aliphatic rings. The fourth-order valence-electron chi connectivity index (χ4n) is 2.53. The largest absolute Gasteiger partial charge is 0.444 e. The van der Waals surface area contributed by atoms with Crippen LogP contribution in [0.15, 0.2) is 28.8 Å². The van der Waals surface area contributed by atoms with Crippen LogP contribution < -0.4 is 4.90 Å². The molecule has 0 radical (unpaired) electrons. The van der Waals surface area contributed by atoms with E-state index in [1.165, 1.54) is 0 Å². The lowest BCUT2D eigenvalue weighted by Crippen LogP contribution is -2.50. The highest BCUT2D eigenvalue weighted by molar-refractivity contribution is 5.88. The average molecular weight is 333 g/mol. The number of hydrogen-bond acceptors (Lipinski definition) is 5. The first-order chi connectivity index (χ1) is 11.4. The number of benzene rings is 1. The van der Waals surface area contributed by atoms with Gasteiger partial charge in [0.25, 0.3) is 0 Å². The average Bonchev–Trinajstić information content (AvgIpc) is 2.99. The van der Waals surface area contributed by atoms with E-state index in [2.05, 4.69) is 10.1 Å². The number of carbonyl (C=O) groups is 1. The minimum Gasteiger partial charge on any atom is -0.444 e. The van der Waals surface area contributed by atoms with E-state index >= 15 is 0 Å². The Balaban J connectivity index is 0.00000100. The van der Waals surface area contributed by atoms with Crippen molar-refractivity contribution in [3.63, 3.8) is 0 Å². The van der Waals surface area contributed by atoms with E-state index in [-0.39, 0.29) is 6.09 Å². The summed E-state index contributed by atoms with van der Waals surface area (Å²) in [7, 11) is 0. The van der Waals surface area contributed by atoms with Gasteiger partial charge in [0.05, 0.1) is 5.39 Å².